The molecular formula is C17H19FN2O3S. The summed E-state index contributed by atoms with van der Waals surface area (Å²) in [5.74, 6) is -1.00. The number of benzene rings is 2. The van der Waals surface area contributed by atoms with E-state index in [-0.39, 0.29) is 4.90 Å². The Morgan fingerprint density at radius 3 is 2.38 bits per heavy atom. The zero-order chi connectivity index (χ0) is 17.7. The van der Waals surface area contributed by atoms with Crippen LogP contribution in [0.4, 0.5) is 10.1 Å². The molecule has 0 aliphatic carbocycles. The Labute approximate surface area is 141 Å². The van der Waals surface area contributed by atoms with Crippen LogP contribution in [0.2, 0.25) is 0 Å². The highest BCUT2D eigenvalue weighted by Crippen LogP contribution is 2.16. The number of carbonyl (C=O) groups is 1. The van der Waals surface area contributed by atoms with Gasteiger partial charge in [0.2, 0.25) is 15.9 Å². The molecule has 0 saturated heterocycles. The first-order chi connectivity index (χ1) is 11.3. The van der Waals surface area contributed by atoms with Gasteiger partial charge in [-0.1, -0.05) is 25.1 Å². The number of anilines is 1. The lowest BCUT2D eigenvalue weighted by atomic mass is 10.1. The summed E-state index contributed by atoms with van der Waals surface area (Å²) < 4.78 is 39.6. The van der Waals surface area contributed by atoms with Crippen molar-refractivity contribution < 1.29 is 17.6 Å². The van der Waals surface area contributed by atoms with Crippen molar-refractivity contribution in [2.24, 2.45) is 0 Å². The second-order valence-electron chi connectivity index (χ2n) is 5.30. The molecule has 0 saturated carbocycles. The highest BCUT2D eigenvalue weighted by molar-refractivity contribution is 7.89. The second-order valence-corrected chi connectivity index (χ2v) is 7.01. The van der Waals surface area contributed by atoms with Crippen LogP contribution >= 0.6 is 0 Å². The van der Waals surface area contributed by atoms with Crippen LogP contribution < -0.4 is 10.0 Å². The van der Waals surface area contributed by atoms with Crippen LogP contribution in [0.15, 0.2) is 53.4 Å². The minimum absolute atomic E-state index is 0.0995. The van der Waals surface area contributed by atoms with Gasteiger partial charge in [0.25, 0.3) is 0 Å². The number of hydrogen-bond acceptors (Lipinski definition) is 3. The fraction of sp³-hybridized carbons (Fsp3) is 0.235. The minimum atomic E-state index is -3.91. The zero-order valence-electron chi connectivity index (χ0n) is 13.4. The molecule has 1 atom stereocenters. The van der Waals surface area contributed by atoms with Crippen molar-refractivity contribution in [1.29, 1.82) is 0 Å². The molecule has 0 fully saturated rings. The fourth-order valence-electron chi connectivity index (χ4n) is 2.16. The summed E-state index contributed by atoms with van der Waals surface area (Å²) >= 11 is 0. The number of nitrogens with one attached hydrogen (secondary N) is 2. The van der Waals surface area contributed by atoms with Gasteiger partial charge in [-0.15, -0.1) is 0 Å². The number of aryl methyl sites for hydroxylation is 1. The van der Waals surface area contributed by atoms with Crippen molar-refractivity contribution in [2.75, 3.05) is 5.32 Å². The third-order valence-electron chi connectivity index (χ3n) is 3.51. The highest BCUT2D eigenvalue weighted by atomic mass is 32.2. The van der Waals surface area contributed by atoms with E-state index in [4.69, 9.17) is 0 Å². The van der Waals surface area contributed by atoms with E-state index >= 15 is 0 Å². The molecule has 0 radical (unpaired) electrons. The van der Waals surface area contributed by atoms with Crippen molar-refractivity contribution in [3.63, 3.8) is 0 Å². The summed E-state index contributed by atoms with van der Waals surface area (Å²) in [6, 6.07) is 10.7. The average molecular weight is 350 g/mol. The maximum absolute atomic E-state index is 12.9. The quantitative estimate of drug-likeness (QED) is 0.841. The Morgan fingerprint density at radius 1 is 1.12 bits per heavy atom. The Bertz CT molecular complexity index is 820. The molecule has 24 heavy (non-hydrogen) atoms. The summed E-state index contributed by atoms with van der Waals surface area (Å²) in [5, 5.41) is 2.72. The lowest BCUT2D eigenvalue weighted by Gasteiger charge is -2.16. The Kier molecular flexibility index (Phi) is 5.69. The van der Waals surface area contributed by atoms with E-state index in [9.17, 15) is 17.6 Å². The monoisotopic (exact) mass is 350 g/mol. The summed E-state index contributed by atoms with van der Waals surface area (Å²) in [4.78, 5) is 12.1. The molecule has 0 spiro atoms. The summed E-state index contributed by atoms with van der Waals surface area (Å²) in [5.41, 5.74) is 1.61. The van der Waals surface area contributed by atoms with Crippen molar-refractivity contribution in [3.8, 4) is 0 Å². The first-order valence-electron chi connectivity index (χ1n) is 7.50. The van der Waals surface area contributed by atoms with Crippen LogP contribution in [0.3, 0.4) is 0 Å². The standard InChI is InChI=1S/C17H19FN2O3S/c1-3-13-6-4-5-7-16(13)19-17(21)12(2)20-24(22,23)15-10-8-14(18)9-11-15/h4-12,20H,3H2,1-2H3,(H,19,21). The van der Waals surface area contributed by atoms with Crippen LogP contribution in [-0.2, 0) is 21.2 Å². The van der Waals surface area contributed by atoms with Gasteiger partial charge >= 0.3 is 0 Å². The van der Waals surface area contributed by atoms with Gasteiger partial charge < -0.3 is 5.32 Å². The predicted octanol–water partition coefficient (Wildman–Crippen LogP) is 2.69. The largest absolute Gasteiger partial charge is 0.324 e. The summed E-state index contributed by atoms with van der Waals surface area (Å²) in [6.45, 7) is 3.41. The third kappa shape index (κ3) is 4.39. The summed E-state index contributed by atoms with van der Waals surface area (Å²) in [7, 11) is -3.91. The molecule has 7 heteroatoms. The zero-order valence-corrected chi connectivity index (χ0v) is 14.2. The molecule has 1 unspecified atom stereocenters. The topological polar surface area (TPSA) is 75.3 Å². The van der Waals surface area contributed by atoms with Gasteiger partial charge in [-0.3, -0.25) is 4.79 Å². The Morgan fingerprint density at radius 2 is 1.75 bits per heavy atom. The first-order valence-corrected chi connectivity index (χ1v) is 8.98. The van der Waals surface area contributed by atoms with Crippen LogP contribution in [-0.4, -0.2) is 20.4 Å². The molecule has 2 aromatic rings. The van der Waals surface area contributed by atoms with Gasteiger partial charge in [-0.2, -0.15) is 4.72 Å². The third-order valence-corrected chi connectivity index (χ3v) is 5.06. The van der Waals surface area contributed by atoms with Crippen molar-refractivity contribution >= 4 is 21.6 Å². The molecule has 128 valence electrons. The smallest absolute Gasteiger partial charge is 0.242 e. The molecule has 0 aromatic heterocycles. The number of carbonyl (C=O) groups excluding carboxylic acids is 1. The molecule has 0 aliphatic heterocycles. The maximum Gasteiger partial charge on any atom is 0.242 e. The molecule has 2 rings (SSSR count). The van der Waals surface area contributed by atoms with E-state index in [1.807, 2.05) is 19.1 Å². The SMILES string of the molecule is CCc1ccccc1NC(=O)C(C)NS(=O)(=O)c1ccc(F)cc1. The second kappa shape index (κ2) is 7.55. The van der Waals surface area contributed by atoms with Crippen molar-refractivity contribution in [3.05, 3.63) is 59.9 Å². The number of halogens is 1. The van der Waals surface area contributed by atoms with E-state index < -0.39 is 27.8 Å². The first kappa shape index (κ1) is 18.1. The number of sulfonamides is 1. The van der Waals surface area contributed by atoms with Crippen LogP contribution in [0.5, 0.6) is 0 Å². The van der Waals surface area contributed by atoms with E-state index in [0.717, 1.165) is 36.2 Å². The van der Waals surface area contributed by atoms with Crippen LogP contribution in [0.25, 0.3) is 0 Å². The van der Waals surface area contributed by atoms with E-state index in [1.165, 1.54) is 6.92 Å². The van der Waals surface area contributed by atoms with Gasteiger partial charge in [-0.25, -0.2) is 12.8 Å². The normalized spacial score (nSPS) is 12.6. The molecule has 0 aliphatic rings. The van der Waals surface area contributed by atoms with Gasteiger partial charge in [0, 0.05) is 5.69 Å². The van der Waals surface area contributed by atoms with Crippen molar-refractivity contribution in [1.82, 2.24) is 4.72 Å². The highest BCUT2D eigenvalue weighted by Gasteiger charge is 2.22. The van der Waals surface area contributed by atoms with E-state index in [2.05, 4.69) is 10.0 Å². The number of para-hydroxylation sites is 1. The van der Waals surface area contributed by atoms with Gasteiger partial charge in [0.1, 0.15) is 5.82 Å². The van der Waals surface area contributed by atoms with E-state index in [0.29, 0.717) is 5.69 Å². The lowest BCUT2D eigenvalue weighted by molar-refractivity contribution is -0.117. The van der Waals surface area contributed by atoms with Gasteiger partial charge in [-0.05, 0) is 49.2 Å². The molecule has 2 N–H and O–H groups in total. The number of hydrogen-bond donors (Lipinski definition) is 2. The Hall–Kier alpha value is -2.25. The van der Waals surface area contributed by atoms with Gasteiger partial charge in [0.15, 0.2) is 0 Å². The predicted molar refractivity (Wildman–Crippen MR) is 90.6 cm³/mol. The Balaban J connectivity index is 2.09. The molecule has 0 bridgehead atoms. The molecule has 1 amide bonds. The molecule has 0 heterocycles. The molecular weight excluding hydrogens is 331 g/mol. The number of rotatable bonds is 6. The van der Waals surface area contributed by atoms with Crippen LogP contribution in [0, 0.1) is 5.82 Å². The summed E-state index contributed by atoms with van der Waals surface area (Å²) in [6.07, 6.45) is 0.742. The molecule has 5 nitrogen and oxygen atoms in total. The van der Waals surface area contributed by atoms with Gasteiger partial charge in [0.05, 0.1) is 10.9 Å². The minimum Gasteiger partial charge on any atom is -0.324 e. The van der Waals surface area contributed by atoms with Crippen molar-refractivity contribution in [2.45, 2.75) is 31.2 Å². The van der Waals surface area contributed by atoms with Crippen LogP contribution in [0.1, 0.15) is 19.4 Å². The lowest BCUT2D eigenvalue weighted by Crippen LogP contribution is -2.41. The fourth-order valence-corrected chi connectivity index (χ4v) is 3.36. The maximum atomic E-state index is 12.9. The number of amides is 1. The van der Waals surface area contributed by atoms with E-state index in [1.54, 1.807) is 12.1 Å². The average Bonchev–Trinajstić information content (AvgIpc) is 2.55. The molecule has 2 aromatic carbocycles.